The van der Waals surface area contributed by atoms with Crippen molar-refractivity contribution >= 4 is 15.9 Å². The van der Waals surface area contributed by atoms with Gasteiger partial charge in [0.1, 0.15) is 0 Å². The predicted octanol–water partition coefficient (Wildman–Crippen LogP) is 0.638. The molecule has 140 valence electrons. The smallest absolute Gasteiger partial charge is 0.253 e. The van der Waals surface area contributed by atoms with Crippen molar-refractivity contribution in [3.05, 3.63) is 29.8 Å². The molecule has 1 aliphatic rings. The van der Waals surface area contributed by atoms with Crippen LogP contribution in [0.2, 0.25) is 0 Å². The molecule has 26 heavy (non-hydrogen) atoms. The van der Waals surface area contributed by atoms with Crippen LogP contribution in [0.3, 0.4) is 0 Å². The van der Waals surface area contributed by atoms with Gasteiger partial charge in [-0.2, -0.15) is 9.10 Å². The molecular formula is C16H22N6O3S. The lowest BCUT2D eigenvalue weighted by molar-refractivity contribution is 0.0698. The fourth-order valence-corrected chi connectivity index (χ4v) is 3.55. The van der Waals surface area contributed by atoms with Crippen molar-refractivity contribution in [2.24, 2.45) is 0 Å². The van der Waals surface area contributed by atoms with Crippen molar-refractivity contribution in [1.82, 2.24) is 29.4 Å². The third-order valence-electron chi connectivity index (χ3n) is 4.28. The highest BCUT2D eigenvalue weighted by Crippen LogP contribution is 2.17. The maximum Gasteiger partial charge on any atom is 0.253 e. The van der Waals surface area contributed by atoms with E-state index in [4.69, 9.17) is 0 Å². The molecule has 1 aromatic carbocycles. The number of carbonyl (C=O) groups is 1. The van der Waals surface area contributed by atoms with Gasteiger partial charge in [-0.15, -0.1) is 10.2 Å². The Labute approximate surface area is 152 Å². The van der Waals surface area contributed by atoms with Crippen LogP contribution in [-0.2, 0) is 10.0 Å². The van der Waals surface area contributed by atoms with Gasteiger partial charge in [0.15, 0.2) is 0 Å². The van der Waals surface area contributed by atoms with Crippen LogP contribution in [0, 0.1) is 0 Å². The lowest BCUT2D eigenvalue weighted by Crippen LogP contribution is -2.50. The van der Waals surface area contributed by atoms with Crippen molar-refractivity contribution < 1.29 is 13.2 Å². The van der Waals surface area contributed by atoms with Crippen LogP contribution in [0.5, 0.6) is 0 Å². The maximum absolute atomic E-state index is 12.6. The first-order valence-electron chi connectivity index (χ1n) is 8.40. The standard InChI is InChI=1S/C16H22N6O3S/c1-12(2)22-18-15(17-19-22)13-4-6-14(7-5-13)16(23)20-8-10-21(11-9-20)26(3,24)25/h4-7,12H,8-11H2,1-3H3. The van der Waals surface area contributed by atoms with Crippen LogP contribution < -0.4 is 0 Å². The first-order chi connectivity index (χ1) is 12.3. The van der Waals surface area contributed by atoms with Crippen molar-refractivity contribution in [3.8, 4) is 11.4 Å². The van der Waals surface area contributed by atoms with Crippen LogP contribution >= 0.6 is 0 Å². The molecule has 0 N–H and O–H groups in total. The Bertz CT molecular complexity index is 883. The Morgan fingerprint density at radius 3 is 2.19 bits per heavy atom. The molecular weight excluding hydrogens is 356 g/mol. The largest absolute Gasteiger partial charge is 0.336 e. The Kier molecular flexibility index (Phi) is 5.05. The van der Waals surface area contributed by atoms with Crippen LogP contribution in [0.1, 0.15) is 30.2 Å². The Hall–Kier alpha value is -2.33. The summed E-state index contributed by atoms with van der Waals surface area (Å²) in [7, 11) is -3.21. The van der Waals surface area contributed by atoms with Crippen molar-refractivity contribution in [2.75, 3.05) is 32.4 Å². The summed E-state index contributed by atoms with van der Waals surface area (Å²) in [5, 5.41) is 12.3. The molecule has 1 saturated heterocycles. The molecule has 0 saturated carbocycles. The Morgan fingerprint density at radius 1 is 1.08 bits per heavy atom. The van der Waals surface area contributed by atoms with E-state index in [0.717, 1.165) is 5.56 Å². The average Bonchev–Trinajstić information content (AvgIpc) is 3.11. The first kappa shape index (κ1) is 18.5. The monoisotopic (exact) mass is 378 g/mol. The van der Waals surface area contributed by atoms with Gasteiger partial charge < -0.3 is 4.90 Å². The van der Waals surface area contributed by atoms with Crippen LogP contribution in [0.25, 0.3) is 11.4 Å². The number of nitrogens with zero attached hydrogens (tertiary/aromatic N) is 6. The van der Waals surface area contributed by atoms with E-state index in [0.29, 0.717) is 37.6 Å². The summed E-state index contributed by atoms with van der Waals surface area (Å²) in [6, 6.07) is 7.18. The molecule has 0 bridgehead atoms. The highest BCUT2D eigenvalue weighted by molar-refractivity contribution is 7.88. The fourth-order valence-electron chi connectivity index (χ4n) is 2.73. The van der Waals surface area contributed by atoms with Gasteiger partial charge in [0.05, 0.1) is 12.3 Å². The summed E-state index contributed by atoms with van der Waals surface area (Å²) in [5.74, 6) is 0.406. The number of rotatable bonds is 4. The van der Waals surface area contributed by atoms with E-state index < -0.39 is 10.0 Å². The third kappa shape index (κ3) is 3.91. The molecule has 1 amide bonds. The van der Waals surface area contributed by atoms with Crippen LogP contribution in [0.4, 0.5) is 0 Å². The number of hydrogen-bond donors (Lipinski definition) is 0. The molecule has 2 heterocycles. The topological polar surface area (TPSA) is 101 Å². The zero-order chi connectivity index (χ0) is 18.9. The summed E-state index contributed by atoms with van der Waals surface area (Å²) in [4.78, 5) is 15.8. The molecule has 0 aliphatic carbocycles. The first-order valence-corrected chi connectivity index (χ1v) is 10.2. The minimum absolute atomic E-state index is 0.108. The molecule has 1 aliphatic heterocycles. The second-order valence-corrected chi connectivity index (χ2v) is 8.54. The van der Waals surface area contributed by atoms with E-state index in [1.165, 1.54) is 15.4 Å². The number of tetrazole rings is 1. The lowest BCUT2D eigenvalue weighted by Gasteiger charge is -2.33. The van der Waals surface area contributed by atoms with Gasteiger partial charge in [-0.3, -0.25) is 4.79 Å². The molecule has 3 rings (SSSR count). The molecule has 9 nitrogen and oxygen atoms in total. The van der Waals surface area contributed by atoms with Gasteiger partial charge in [-0.1, -0.05) is 12.1 Å². The lowest BCUT2D eigenvalue weighted by atomic mass is 10.1. The predicted molar refractivity (Wildman–Crippen MR) is 96.0 cm³/mol. The number of aromatic nitrogens is 4. The summed E-state index contributed by atoms with van der Waals surface area (Å²) < 4.78 is 24.5. The number of benzene rings is 1. The van der Waals surface area contributed by atoms with Gasteiger partial charge in [0, 0.05) is 37.3 Å². The normalized spacial score (nSPS) is 16.2. The number of piperazine rings is 1. The SMILES string of the molecule is CC(C)n1nnc(-c2ccc(C(=O)N3CCN(S(C)(=O)=O)CC3)cc2)n1. The number of hydrogen-bond acceptors (Lipinski definition) is 6. The fraction of sp³-hybridized carbons (Fsp3) is 0.500. The maximum atomic E-state index is 12.6. The van der Waals surface area contributed by atoms with E-state index in [1.807, 2.05) is 13.8 Å². The Balaban J connectivity index is 1.67. The second-order valence-electron chi connectivity index (χ2n) is 6.56. The molecule has 2 aromatic rings. The minimum Gasteiger partial charge on any atom is -0.336 e. The van der Waals surface area contributed by atoms with E-state index >= 15 is 0 Å². The average molecular weight is 378 g/mol. The highest BCUT2D eigenvalue weighted by atomic mass is 32.2. The molecule has 0 atom stereocenters. The molecule has 0 spiro atoms. The van der Waals surface area contributed by atoms with Crippen molar-refractivity contribution in [1.29, 1.82) is 0 Å². The third-order valence-corrected chi connectivity index (χ3v) is 5.58. The van der Waals surface area contributed by atoms with Gasteiger partial charge in [0.2, 0.25) is 15.8 Å². The molecule has 0 unspecified atom stereocenters. The highest BCUT2D eigenvalue weighted by Gasteiger charge is 2.26. The molecule has 10 heteroatoms. The van der Waals surface area contributed by atoms with E-state index in [2.05, 4.69) is 15.4 Å². The van der Waals surface area contributed by atoms with Gasteiger partial charge in [-0.25, -0.2) is 8.42 Å². The van der Waals surface area contributed by atoms with Crippen molar-refractivity contribution in [2.45, 2.75) is 19.9 Å². The zero-order valence-electron chi connectivity index (χ0n) is 15.0. The van der Waals surface area contributed by atoms with E-state index in [1.54, 1.807) is 29.2 Å². The molecule has 1 fully saturated rings. The summed E-state index contributed by atoms with van der Waals surface area (Å²) in [6.07, 6.45) is 1.19. The van der Waals surface area contributed by atoms with E-state index in [-0.39, 0.29) is 11.9 Å². The zero-order valence-corrected chi connectivity index (χ0v) is 15.8. The van der Waals surface area contributed by atoms with E-state index in [9.17, 15) is 13.2 Å². The minimum atomic E-state index is -3.21. The van der Waals surface area contributed by atoms with Crippen molar-refractivity contribution in [3.63, 3.8) is 0 Å². The number of carbonyl (C=O) groups excluding carboxylic acids is 1. The van der Waals surface area contributed by atoms with Gasteiger partial charge in [-0.05, 0) is 31.2 Å². The Morgan fingerprint density at radius 2 is 1.69 bits per heavy atom. The number of sulfonamides is 1. The summed E-state index contributed by atoms with van der Waals surface area (Å²) in [6.45, 7) is 5.36. The second kappa shape index (κ2) is 7.12. The van der Waals surface area contributed by atoms with Crippen LogP contribution in [0.15, 0.2) is 24.3 Å². The summed E-state index contributed by atoms with van der Waals surface area (Å²) in [5.41, 5.74) is 1.34. The molecule has 0 radical (unpaired) electrons. The van der Waals surface area contributed by atoms with Gasteiger partial charge >= 0.3 is 0 Å². The summed E-state index contributed by atoms with van der Waals surface area (Å²) >= 11 is 0. The number of amides is 1. The van der Waals surface area contributed by atoms with Crippen LogP contribution in [-0.4, -0.2) is 76.2 Å². The molecule has 1 aromatic heterocycles. The van der Waals surface area contributed by atoms with Gasteiger partial charge in [0.25, 0.3) is 5.91 Å². The quantitative estimate of drug-likeness (QED) is 0.774.